The van der Waals surface area contributed by atoms with E-state index < -0.39 is 11.3 Å². The van der Waals surface area contributed by atoms with Gasteiger partial charge in [-0.3, -0.25) is 0 Å². The molecule has 0 aromatic carbocycles. The Labute approximate surface area is 96.6 Å². The van der Waals surface area contributed by atoms with Gasteiger partial charge in [0.25, 0.3) is 5.92 Å². The third-order valence-corrected chi connectivity index (χ3v) is 3.89. The molecule has 16 heavy (non-hydrogen) atoms. The molecular weight excluding hydrogens is 210 g/mol. The molecule has 0 saturated carbocycles. The average molecular weight is 232 g/mol. The fourth-order valence-electron chi connectivity index (χ4n) is 3.02. The van der Waals surface area contributed by atoms with Gasteiger partial charge in [-0.05, 0) is 25.9 Å². The Bertz CT molecular complexity index is 260. The van der Waals surface area contributed by atoms with Crippen LogP contribution in [0.1, 0.15) is 20.3 Å². The molecule has 0 atom stereocenters. The molecule has 1 spiro atoms. The van der Waals surface area contributed by atoms with E-state index in [1.807, 2.05) is 0 Å². The van der Waals surface area contributed by atoms with Crippen LogP contribution in [0.4, 0.5) is 8.78 Å². The van der Waals surface area contributed by atoms with E-state index in [0.29, 0.717) is 25.4 Å². The van der Waals surface area contributed by atoms with Gasteiger partial charge in [-0.1, -0.05) is 13.8 Å². The quantitative estimate of drug-likeness (QED) is 0.717. The molecule has 94 valence electrons. The number of piperidine rings is 1. The summed E-state index contributed by atoms with van der Waals surface area (Å²) in [7, 11) is 1.78. The number of likely N-dealkylation sites (tertiary alicyclic amines) is 2. The topological polar surface area (TPSA) is 6.48 Å². The molecule has 0 unspecified atom stereocenters. The van der Waals surface area contributed by atoms with Gasteiger partial charge in [0.05, 0.1) is 12.0 Å². The van der Waals surface area contributed by atoms with Gasteiger partial charge in [-0.2, -0.15) is 0 Å². The number of rotatable bonds is 2. The maximum absolute atomic E-state index is 14.0. The van der Waals surface area contributed by atoms with Gasteiger partial charge >= 0.3 is 0 Å². The molecule has 2 heterocycles. The molecule has 0 N–H and O–H groups in total. The van der Waals surface area contributed by atoms with Crippen molar-refractivity contribution in [3.05, 3.63) is 0 Å². The van der Waals surface area contributed by atoms with Crippen LogP contribution in [0.25, 0.3) is 0 Å². The monoisotopic (exact) mass is 232 g/mol. The van der Waals surface area contributed by atoms with Gasteiger partial charge in [-0.25, -0.2) is 8.78 Å². The summed E-state index contributed by atoms with van der Waals surface area (Å²) >= 11 is 0. The van der Waals surface area contributed by atoms with Gasteiger partial charge < -0.3 is 9.80 Å². The molecule has 2 aliphatic rings. The van der Waals surface area contributed by atoms with E-state index in [9.17, 15) is 8.78 Å². The summed E-state index contributed by atoms with van der Waals surface area (Å²) in [5.74, 6) is -1.94. The predicted octanol–water partition coefficient (Wildman–Crippen LogP) is 1.92. The average Bonchev–Trinajstić information content (AvgIpc) is 2.04. The number of hydrogen-bond acceptors (Lipinski definition) is 2. The summed E-state index contributed by atoms with van der Waals surface area (Å²) in [5, 5.41) is 0. The third-order valence-electron chi connectivity index (χ3n) is 3.89. The second-order valence-electron chi connectivity index (χ2n) is 6.04. The molecule has 0 radical (unpaired) electrons. The van der Waals surface area contributed by atoms with Gasteiger partial charge in [-0.15, -0.1) is 0 Å². The second kappa shape index (κ2) is 3.91. The highest BCUT2D eigenvalue weighted by molar-refractivity contribution is 5.07. The molecule has 2 saturated heterocycles. The van der Waals surface area contributed by atoms with Crippen molar-refractivity contribution in [2.45, 2.75) is 26.2 Å². The first kappa shape index (κ1) is 12.2. The molecule has 0 bridgehead atoms. The van der Waals surface area contributed by atoms with Crippen LogP contribution in [-0.4, -0.2) is 55.5 Å². The fourth-order valence-corrected chi connectivity index (χ4v) is 3.02. The van der Waals surface area contributed by atoms with E-state index in [2.05, 4.69) is 18.7 Å². The lowest BCUT2D eigenvalue weighted by Gasteiger charge is -2.57. The van der Waals surface area contributed by atoms with E-state index in [-0.39, 0.29) is 6.54 Å². The summed E-state index contributed by atoms with van der Waals surface area (Å²) in [6.07, 6.45) is 0.644. The van der Waals surface area contributed by atoms with Crippen LogP contribution in [0, 0.1) is 11.3 Å². The molecule has 4 heteroatoms. The van der Waals surface area contributed by atoms with Crippen molar-refractivity contribution in [2.75, 3.05) is 39.8 Å². The lowest BCUT2D eigenvalue weighted by Crippen LogP contribution is -2.70. The summed E-state index contributed by atoms with van der Waals surface area (Å²) in [4.78, 5) is 3.92. The molecule has 2 aliphatic heterocycles. The largest absolute Gasteiger partial charge is 0.301 e. The van der Waals surface area contributed by atoms with Crippen LogP contribution < -0.4 is 0 Å². The normalized spacial score (nSPS) is 29.6. The van der Waals surface area contributed by atoms with Crippen molar-refractivity contribution in [3.8, 4) is 0 Å². The molecule has 0 aliphatic carbocycles. The lowest BCUT2D eigenvalue weighted by molar-refractivity contribution is -0.223. The van der Waals surface area contributed by atoms with Crippen molar-refractivity contribution in [1.82, 2.24) is 9.80 Å². The first-order chi connectivity index (χ1) is 7.35. The van der Waals surface area contributed by atoms with Crippen molar-refractivity contribution >= 4 is 0 Å². The van der Waals surface area contributed by atoms with E-state index in [4.69, 9.17) is 0 Å². The Hall–Kier alpha value is -0.220. The number of hydrogen-bond donors (Lipinski definition) is 0. The highest BCUT2D eigenvalue weighted by Crippen LogP contribution is 2.49. The van der Waals surface area contributed by atoms with E-state index >= 15 is 0 Å². The van der Waals surface area contributed by atoms with Crippen molar-refractivity contribution in [3.63, 3.8) is 0 Å². The summed E-state index contributed by atoms with van der Waals surface area (Å²) < 4.78 is 28.0. The van der Waals surface area contributed by atoms with Crippen molar-refractivity contribution in [2.24, 2.45) is 11.3 Å². The Morgan fingerprint density at radius 2 is 1.81 bits per heavy atom. The number of alkyl halides is 2. The van der Waals surface area contributed by atoms with Gasteiger partial charge in [0, 0.05) is 19.6 Å². The van der Waals surface area contributed by atoms with Gasteiger partial charge in [0.1, 0.15) is 0 Å². The molecule has 0 amide bonds. The third kappa shape index (κ3) is 1.97. The zero-order valence-corrected chi connectivity index (χ0v) is 10.5. The SMILES string of the molecule is CC(C)CN1CC2(CCN(C)CC2(F)F)C1. The number of nitrogens with zero attached hydrogens (tertiary/aromatic N) is 2. The summed E-state index contributed by atoms with van der Waals surface area (Å²) in [6.45, 7) is 7.15. The molecule has 2 fully saturated rings. The zero-order chi connectivity index (χ0) is 12.0. The highest BCUT2D eigenvalue weighted by atomic mass is 19.3. The molecule has 2 nitrogen and oxygen atoms in total. The Kier molecular flexibility index (Phi) is 2.99. The van der Waals surface area contributed by atoms with Crippen LogP contribution in [0.3, 0.4) is 0 Å². The van der Waals surface area contributed by atoms with Crippen LogP contribution in [0.2, 0.25) is 0 Å². The predicted molar refractivity (Wildman–Crippen MR) is 60.8 cm³/mol. The minimum absolute atomic E-state index is 0.0669. The first-order valence-corrected chi connectivity index (χ1v) is 6.13. The standard InChI is InChI=1S/C12H22F2N2/c1-10(2)6-16-7-11(8-16)4-5-15(3)9-12(11,13)14/h10H,4-9H2,1-3H3. The van der Waals surface area contributed by atoms with Gasteiger partial charge in [0.15, 0.2) is 0 Å². The van der Waals surface area contributed by atoms with E-state index in [0.717, 1.165) is 13.1 Å². The van der Waals surface area contributed by atoms with E-state index in [1.165, 1.54) is 0 Å². The highest BCUT2D eigenvalue weighted by Gasteiger charge is 2.61. The first-order valence-electron chi connectivity index (χ1n) is 6.13. The van der Waals surface area contributed by atoms with Crippen molar-refractivity contribution in [1.29, 1.82) is 0 Å². The molecule has 0 aromatic rings. The smallest absolute Gasteiger partial charge is 0.268 e. The van der Waals surface area contributed by atoms with Crippen LogP contribution >= 0.6 is 0 Å². The van der Waals surface area contributed by atoms with Gasteiger partial charge in [0.2, 0.25) is 0 Å². The Morgan fingerprint density at radius 1 is 1.19 bits per heavy atom. The Morgan fingerprint density at radius 3 is 2.31 bits per heavy atom. The van der Waals surface area contributed by atoms with Crippen LogP contribution in [0.15, 0.2) is 0 Å². The minimum atomic E-state index is -2.51. The minimum Gasteiger partial charge on any atom is -0.301 e. The molecule has 2 rings (SSSR count). The zero-order valence-electron chi connectivity index (χ0n) is 10.5. The lowest BCUT2D eigenvalue weighted by atomic mass is 9.69. The number of halogens is 2. The summed E-state index contributed by atoms with van der Waals surface area (Å²) in [5.41, 5.74) is -0.714. The summed E-state index contributed by atoms with van der Waals surface area (Å²) in [6, 6.07) is 0. The molecule has 0 aromatic heterocycles. The maximum atomic E-state index is 14.0. The maximum Gasteiger partial charge on any atom is 0.268 e. The Balaban J connectivity index is 1.95. The van der Waals surface area contributed by atoms with Crippen LogP contribution in [-0.2, 0) is 0 Å². The second-order valence-corrected chi connectivity index (χ2v) is 6.04. The van der Waals surface area contributed by atoms with Crippen molar-refractivity contribution < 1.29 is 8.78 Å². The van der Waals surface area contributed by atoms with E-state index in [1.54, 1.807) is 11.9 Å². The van der Waals surface area contributed by atoms with Crippen LogP contribution in [0.5, 0.6) is 0 Å². The molecular formula is C12H22F2N2. The fraction of sp³-hybridized carbons (Fsp3) is 1.00.